The van der Waals surface area contributed by atoms with Gasteiger partial charge in [0, 0.05) is 12.1 Å². The predicted octanol–water partition coefficient (Wildman–Crippen LogP) is 2.87. The third-order valence-electron chi connectivity index (χ3n) is 3.20. The van der Waals surface area contributed by atoms with Gasteiger partial charge in [0.1, 0.15) is 12.4 Å². The van der Waals surface area contributed by atoms with Crippen molar-refractivity contribution in [3.05, 3.63) is 65.7 Å². The van der Waals surface area contributed by atoms with Crippen LogP contribution in [0.1, 0.15) is 17.5 Å². The van der Waals surface area contributed by atoms with Gasteiger partial charge in [-0.2, -0.15) is 0 Å². The fourth-order valence-electron chi connectivity index (χ4n) is 1.99. The van der Waals surface area contributed by atoms with Crippen LogP contribution in [0.4, 0.5) is 4.79 Å². The van der Waals surface area contributed by atoms with Gasteiger partial charge < -0.3 is 19.9 Å². The second-order valence-electron chi connectivity index (χ2n) is 4.96. The number of alkyl carbamates (subject to hydrolysis) is 1. The Kier molecular flexibility index (Phi) is 6.94. The van der Waals surface area contributed by atoms with E-state index in [9.17, 15) is 9.90 Å². The third-order valence-corrected chi connectivity index (χ3v) is 3.20. The van der Waals surface area contributed by atoms with Gasteiger partial charge in [0.2, 0.25) is 0 Å². The molecule has 2 aromatic rings. The van der Waals surface area contributed by atoms with E-state index < -0.39 is 6.09 Å². The highest BCUT2D eigenvalue weighted by Crippen LogP contribution is 2.17. The molecule has 23 heavy (non-hydrogen) atoms. The second kappa shape index (κ2) is 9.48. The summed E-state index contributed by atoms with van der Waals surface area (Å²) in [5, 5.41) is 11.9. The van der Waals surface area contributed by atoms with Crippen molar-refractivity contribution in [3.63, 3.8) is 0 Å². The van der Waals surface area contributed by atoms with Crippen LogP contribution < -0.4 is 10.1 Å². The first-order chi connectivity index (χ1) is 11.3. The predicted molar refractivity (Wildman–Crippen MR) is 87.1 cm³/mol. The number of rotatable bonds is 8. The lowest BCUT2D eigenvalue weighted by Gasteiger charge is -2.10. The smallest absolute Gasteiger partial charge is 0.407 e. The van der Waals surface area contributed by atoms with E-state index in [0.717, 1.165) is 11.1 Å². The molecule has 0 saturated heterocycles. The quantitative estimate of drug-likeness (QED) is 0.735. The van der Waals surface area contributed by atoms with E-state index in [1.165, 1.54) is 0 Å². The monoisotopic (exact) mass is 315 g/mol. The van der Waals surface area contributed by atoms with E-state index in [-0.39, 0.29) is 13.2 Å². The van der Waals surface area contributed by atoms with Gasteiger partial charge in [-0.05, 0) is 18.1 Å². The topological polar surface area (TPSA) is 67.8 Å². The Balaban J connectivity index is 1.59. The lowest BCUT2D eigenvalue weighted by atomic mass is 10.2. The van der Waals surface area contributed by atoms with Crippen molar-refractivity contribution in [1.82, 2.24) is 5.32 Å². The highest BCUT2D eigenvalue weighted by Gasteiger charge is 2.03. The summed E-state index contributed by atoms with van der Waals surface area (Å²) in [5.74, 6) is 0.668. The van der Waals surface area contributed by atoms with Gasteiger partial charge in [-0.3, -0.25) is 0 Å². The molecule has 0 radical (unpaired) electrons. The van der Waals surface area contributed by atoms with Crippen molar-refractivity contribution >= 4 is 6.09 Å². The van der Waals surface area contributed by atoms with Crippen molar-refractivity contribution < 1.29 is 19.4 Å². The van der Waals surface area contributed by atoms with Crippen molar-refractivity contribution in [2.75, 3.05) is 13.2 Å². The Hall–Kier alpha value is -2.53. The third kappa shape index (κ3) is 6.00. The lowest BCUT2D eigenvalue weighted by Crippen LogP contribution is -2.26. The molecule has 0 heterocycles. The summed E-state index contributed by atoms with van der Waals surface area (Å²) < 4.78 is 10.7. The number of ether oxygens (including phenoxy) is 2. The zero-order valence-corrected chi connectivity index (χ0v) is 12.9. The van der Waals surface area contributed by atoms with Crippen LogP contribution in [-0.4, -0.2) is 24.4 Å². The summed E-state index contributed by atoms with van der Waals surface area (Å²) in [6.07, 6.45) is 0.213. The zero-order chi connectivity index (χ0) is 16.3. The van der Waals surface area contributed by atoms with Crippen LogP contribution in [0.25, 0.3) is 0 Å². The van der Waals surface area contributed by atoms with Crippen molar-refractivity contribution in [3.8, 4) is 5.75 Å². The fourth-order valence-corrected chi connectivity index (χ4v) is 1.99. The van der Waals surface area contributed by atoms with Gasteiger partial charge in [-0.1, -0.05) is 48.5 Å². The Labute approximate surface area is 135 Å². The van der Waals surface area contributed by atoms with Crippen molar-refractivity contribution in [2.24, 2.45) is 0 Å². The van der Waals surface area contributed by atoms with Gasteiger partial charge in [0.15, 0.2) is 0 Å². The van der Waals surface area contributed by atoms with Crippen LogP contribution in [0.3, 0.4) is 0 Å². The molecular weight excluding hydrogens is 294 g/mol. The largest absolute Gasteiger partial charge is 0.493 e. The number of carbonyl (C=O) groups excluding carboxylic acids is 1. The molecule has 2 N–H and O–H groups in total. The number of amides is 1. The minimum absolute atomic E-state index is 0.0553. The number of benzene rings is 2. The van der Waals surface area contributed by atoms with Crippen molar-refractivity contribution in [1.29, 1.82) is 0 Å². The molecule has 0 saturated carbocycles. The summed E-state index contributed by atoms with van der Waals surface area (Å²) in [6.45, 7) is 1.12. The number of para-hydroxylation sites is 1. The second-order valence-corrected chi connectivity index (χ2v) is 4.96. The average Bonchev–Trinajstić information content (AvgIpc) is 2.61. The zero-order valence-electron chi connectivity index (χ0n) is 12.9. The standard InChI is InChI=1S/C18H21NO4/c20-13-16-9-4-5-10-17(16)22-12-6-11-19-18(21)23-14-15-7-2-1-3-8-15/h1-5,7-10,20H,6,11-14H2,(H,19,21). The molecule has 0 fully saturated rings. The normalized spacial score (nSPS) is 10.1. The highest BCUT2D eigenvalue weighted by atomic mass is 16.5. The Bertz CT molecular complexity index is 601. The fraction of sp³-hybridized carbons (Fsp3) is 0.278. The van der Waals surface area contributed by atoms with Crippen LogP contribution in [0, 0.1) is 0 Å². The first kappa shape index (κ1) is 16.8. The van der Waals surface area contributed by atoms with Crippen LogP contribution in [0.15, 0.2) is 54.6 Å². The summed E-state index contributed by atoms with van der Waals surface area (Å²) in [6, 6.07) is 16.9. The SMILES string of the molecule is O=C(NCCCOc1ccccc1CO)OCc1ccccc1. The van der Waals surface area contributed by atoms with E-state index in [1.54, 1.807) is 0 Å². The first-order valence-corrected chi connectivity index (χ1v) is 7.55. The Morgan fingerprint density at radius 1 is 1.04 bits per heavy atom. The van der Waals surface area contributed by atoms with Crippen LogP contribution in [0.2, 0.25) is 0 Å². The molecule has 1 amide bonds. The highest BCUT2D eigenvalue weighted by molar-refractivity contribution is 5.67. The molecule has 0 spiro atoms. The average molecular weight is 315 g/mol. The molecule has 5 nitrogen and oxygen atoms in total. The van der Waals surface area contributed by atoms with E-state index in [2.05, 4.69) is 5.32 Å². The molecular formula is C18H21NO4. The van der Waals surface area contributed by atoms with E-state index in [4.69, 9.17) is 9.47 Å². The number of nitrogens with one attached hydrogen (secondary N) is 1. The van der Waals surface area contributed by atoms with Crippen LogP contribution in [-0.2, 0) is 18.0 Å². The molecule has 0 aliphatic rings. The molecule has 0 bridgehead atoms. The number of aliphatic hydroxyl groups excluding tert-OH is 1. The summed E-state index contributed by atoms with van der Waals surface area (Å²) >= 11 is 0. The van der Waals surface area contributed by atoms with Gasteiger partial charge in [-0.25, -0.2) is 4.79 Å². The minimum Gasteiger partial charge on any atom is -0.493 e. The maximum absolute atomic E-state index is 11.5. The summed E-state index contributed by atoms with van der Waals surface area (Å²) in [7, 11) is 0. The molecule has 0 aliphatic heterocycles. The lowest BCUT2D eigenvalue weighted by molar-refractivity contribution is 0.139. The maximum atomic E-state index is 11.5. The minimum atomic E-state index is -0.440. The number of hydrogen-bond donors (Lipinski definition) is 2. The molecule has 0 unspecified atom stereocenters. The van der Waals surface area contributed by atoms with Gasteiger partial charge in [0.05, 0.1) is 13.2 Å². The molecule has 0 aromatic heterocycles. The van der Waals surface area contributed by atoms with Crippen LogP contribution >= 0.6 is 0 Å². The number of hydrogen-bond acceptors (Lipinski definition) is 4. The Morgan fingerprint density at radius 2 is 1.78 bits per heavy atom. The summed E-state index contributed by atoms with van der Waals surface area (Å²) in [5.41, 5.74) is 1.70. The first-order valence-electron chi connectivity index (χ1n) is 7.55. The van der Waals surface area contributed by atoms with Gasteiger partial charge in [0.25, 0.3) is 0 Å². The molecule has 2 rings (SSSR count). The Morgan fingerprint density at radius 3 is 2.57 bits per heavy atom. The number of carbonyl (C=O) groups is 1. The molecule has 0 atom stereocenters. The molecule has 2 aromatic carbocycles. The van der Waals surface area contributed by atoms with Crippen molar-refractivity contribution in [2.45, 2.75) is 19.6 Å². The van der Waals surface area contributed by atoms with E-state index in [1.807, 2.05) is 54.6 Å². The summed E-state index contributed by atoms with van der Waals surface area (Å²) in [4.78, 5) is 11.5. The van der Waals surface area contributed by atoms with Gasteiger partial charge >= 0.3 is 6.09 Å². The maximum Gasteiger partial charge on any atom is 0.407 e. The van der Waals surface area contributed by atoms with Gasteiger partial charge in [-0.15, -0.1) is 0 Å². The van der Waals surface area contributed by atoms with E-state index >= 15 is 0 Å². The number of aliphatic hydroxyl groups is 1. The van der Waals surface area contributed by atoms with E-state index in [0.29, 0.717) is 25.3 Å². The molecule has 0 aliphatic carbocycles. The molecule has 5 heteroatoms. The van der Waals surface area contributed by atoms with Crippen LogP contribution in [0.5, 0.6) is 5.75 Å². The molecule has 122 valence electrons.